The van der Waals surface area contributed by atoms with E-state index < -0.39 is 21.8 Å². The van der Waals surface area contributed by atoms with Crippen LogP contribution in [0.1, 0.15) is 40.7 Å². The highest BCUT2D eigenvalue weighted by Crippen LogP contribution is 2.37. The van der Waals surface area contributed by atoms with Crippen molar-refractivity contribution in [3.05, 3.63) is 134 Å². The van der Waals surface area contributed by atoms with E-state index >= 15 is 0 Å². The van der Waals surface area contributed by atoms with Gasteiger partial charge in [-0.05, 0) is 92.9 Å². The monoisotopic (exact) mass is 678 g/mol. The number of esters is 1. The molecule has 0 atom stereocenters. The van der Waals surface area contributed by atoms with Crippen LogP contribution in [-0.4, -0.2) is 31.6 Å². The number of ether oxygens (including phenoxy) is 1. The summed E-state index contributed by atoms with van der Waals surface area (Å²) in [5.74, 6) is -0.627. The molecule has 5 rings (SSSR count). The van der Waals surface area contributed by atoms with Gasteiger partial charge in [0.2, 0.25) is 15.8 Å². The largest absolute Gasteiger partial charge is 0.465 e. The van der Waals surface area contributed by atoms with Gasteiger partial charge in [0.15, 0.2) is 0 Å². The second-order valence-electron chi connectivity index (χ2n) is 11.1. The molecule has 0 amide bonds. The van der Waals surface area contributed by atoms with Crippen molar-refractivity contribution in [2.24, 2.45) is 0 Å². The standard InChI is InChI=1S/C35H32Cl2N2O6S/c1-21-6-12-30(13-7-21)46(42,43)38(19-25-8-9-26(36)17-31(25)37)20-29-11-10-28(45-29)18-32-34(40)33(35(41)44-5)24(4)39(32)27-15-22(2)14-23(3)16-27/h6-18H,19-20H2,1-5H3/b32-18+. The fourth-order valence-corrected chi connectivity index (χ4v) is 7.21. The Labute approximate surface area is 278 Å². The maximum absolute atomic E-state index is 13.9. The summed E-state index contributed by atoms with van der Waals surface area (Å²) in [6.07, 6.45) is 1.54. The number of carbonyl (C=O) groups excluding carboxylic acids is 2. The van der Waals surface area contributed by atoms with Crippen LogP contribution in [0.3, 0.4) is 0 Å². The number of ketones is 1. The minimum atomic E-state index is -4.00. The molecule has 46 heavy (non-hydrogen) atoms. The summed E-state index contributed by atoms with van der Waals surface area (Å²) in [6.45, 7) is 7.29. The number of hydrogen-bond donors (Lipinski definition) is 0. The van der Waals surface area contributed by atoms with Crippen LogP contribution < -0.4 is 4.90 Å². The Kier molecular flexibility index (Phi) is 9.60. The van der Waals surface area contributed by atoms with Gasteiger partial charge in [0.05, 0.1) is 24.2 Å². The van der Waals surface area contributed by atoms with Crippen molar-refractivity contribution >= 4 is 56.7 Å². The molecule has 0 aliphatic carbocycles. The summed E-state index contributed by atoms with van der Waals surface area (Å²) < 4.78 is 40.0. The van der Waals surface area contributed by atoms with E-state index in [1.807, 2.05) is 39.0 Å². The number of halogens is 2. The number of carbonyl (C=O) groups is 2. The highest BCUT2D eigenvalue weighted by Gasteiger charge is 2.38. The molecule has 0 spiro atoms. The first-order chi connectivity index (χ1) is 21.8. The number of Topliss-reactive ketones (excluding diaryl/α,β-unsaturated/α-hetero) is 1. The van der Waals surface area contributed by atoms with E-state index in [0.717, 1.165) is 16.7 Å². The number of nitrogens with zero attached hydrogens (tertiary/aromatic N) is 2. The lowest BCUT2D eigenvalue weighted by Gasteiger charge is -2.22. The van der Waals surface area contributed by atoms with Gasteiger partial charge >= 0.3 is 5.97 Å². The zero-order valence-corrected chi connectivity index (χ0v) is 28.3. The van der Waals surface area contributed by atoms with E-state index in [1.165, 1.54) is 17.5 Å². The molecule has 11 heteroatoms. The molecule has 2 heterocycles. The third kappa shape index (κ3) is 6.83. The fourth-order valence-electron chi connectivity index (χ4n) is 5.36. The number of allylic oxidation sites excluding steroid dienone is 2. The molecule has 1 aliphatic heterocycles. The second-order valence-corrected chi connectivity index (χ2v) is 13.9. The molecule has 0 N–H and O–H groups in total. The molecule has 0 fully saturated rings. The van der Waals surface area contributed by atoms with Crippen LogP contribution in [0.2, 0.25) is 10.0 Å². The number of methoxy groups -OCH3 is 1. The molecule has 3 aromatic carbocycles. The van der Waals surface area contributed by atoms with Crippen LogP contribution in [0.15, 0.2) is 99.1 Å². The number of rotatable bonds is 9. The lowest BCUT2D eigenvalue weighted by Crippen LogP contribution is -2.30. The van der Waals surface area contributed by atoms with Gasteiger partial charge in [-0.25, -0.2) is 13.2 Å². The summed E-state index contributed by atoms with van der Waals surface area (Å²) in [6, 6.07) is 20.6. The predicted octanol–water partition coefficient (Wildman–Crippen LogP) is 7.78. The number of aryl methyl sites for hydroxylation is 3. The van der Waals surface area contributed by atoms with Gasteiger partial charge in [0, 0.05) is 34.1 Å². The summed E-state index contributed by atoms with van der Waals surface area (Å²) in [4.78, 5) is 28.1. The van der Waals surface area contributed by atoms with Crippen molar-refractivity contribution in [2.75, 3.05) is 12.0 Å². The highest BCUT2D eigenvalue weighted by molar-refractivity contribution is 7.89. The fraction of sp³-hybridized carbons (Fsp3) is 0.200. The third-order valence-electron chi connectivity index (χ3n) is 7.57. The zero-order chi connectivity index (χ0) is 33.3. The Morgan fingerprint density at radius 2 is 1.57 bits per heavy atom. The van der Waals surface area contributed by atoms with Gasteiger partial charge in [-0.15, -0.1) is 0 Å². The second kappa shape index (κ2) is 13.3. The Bertz CT molecular complexity index is 1990. The van der Waals surface area contributed by atoms with E-state index in [9.17, 15) is 18.0 Å². The molecule has 8 nitrogen and oxygen atoms in total. The molecule has 0 radical (unpaired) electrons. The molecule has 0 unspecified atom stereocenters. The number of benzene rings is 3. The van der Waals surface area contributed by atoms with E-state index in [1.54, 1.807) is 66.4 Å². The van der Waals surface area contributed by atoms with Crippen molar-refractivity contribution < 1.29 is 27.2 Å². The molecular weight excluding hydrogens is 647 g/mol. The average molecular weight is 680 g/mol. The predicted molar refractivity (Wildman–Crippen MR) is 179 cm³/mol. The van der Waals surface area contributed by atoms with E-state index in [0.29, 0.717) is 38.5 Å². The maximum Gasteiger partial charge on any atom is 0.343 e. The summed E-state index contributed by atoms with van der Waals surface area (Å²) in [5, 5.41) is 0.763. The quantitative estimate of drug-likeness (QED) is 0.101. The first-order valence-corrected chi connectivity index (χ1v) is 16.5. The van der Waals surface area contributed by atoms with Crippen LogP contribution in [0.25, 0.3) is 6.08 Å². The highest BCUT2D eigenvalue weighted by atomic mass is 35.5. The van der Waals surface area contributed by atoms with Crippen LogP contribution in [0.5, 0.6) is 0 Å². The van der Waals surface area contributed by atoms with Gasteiger partial charge < -0.3 is 14.1 Å². The van der Waals surface area contributed by atoms with Crippen molar-refractivity contribution in [3.63, 3.8) is 0 Å². The van der Waals surface area contributed by atoms with Crippen molar-refractivity contribution in [1.82, 2.24) is 4.31 Å². The normalized spacial score (nSPS) is 14.6. The van der Waals surface area contributed by atoms with E-state index in [4.69, 9.17) is 32.4 Å². The molecule has 1 aromatic heterocycles. The van der Waals surface area contributed by atoms with Crippen molar-refractivity contribution in [3.8, 4) is 0 Å². The summed E-state index contributed by atoms with van der Waals surface area (Å²) in [5.41, 5.74) is 4.70. The van der Waals surface area contributed by atoms with Crippen LogP contribution in [0.4, 0.5) is 5.69 Å². The molecule has 0 saturated carbocycles. The number of anilines is 1. The lowest BCUT2D eigenvalue weighted by molar-refractivity contribution is -0.137. The first kappa shape index (κ1) is 33.2. The van der Waals surface area contributed by atoms with Crippen LogP contribution in [0, 0.1) is 20.8 Å². The zero-order valence-electron chi connectivity index (χ0n) is 25.9. The van der Waals surface area contributed by atoms with Gasteiger partial charge in [0.1, 0.15) is 17.1 Å². The lowest BCUT2D eigenvalue weighted by atomic mass is 10.1. The smallest absolute Gasteiger partial charge is 0.343 e. The molecule has 0 bridgehead atoms. The van der Waals surface area contributed by atoms with Crippen LogP contribution >= 0.6 is 23.2 Å². The number of hydrogen-bond acceptors (Lipinski definition) is 7. The van der Waals surface area contributed by atoms with Crippen molar-refractivity contribution in [2.45, 2.75) is 45.7 Å². The van der Waals surface area contributed by atoms with Gasteiger partial charge in [0.25, 0.3) is 0 Å². The van der Waals surface area contributed by atoms with E-state index in [2.05, 4.69) is 0 Å². The minimum absolute atomic E-state index is 0.0477. The Morgan fingerprint density at radius 3 is 2.20 bits per heavy atom. The number of furan rings is 1. The summed E-state index contributed by atoms with van der Waals surface area (Å²) >= 11 is 12.5. The molecular formula is C35H32Cl2N2O6S. The Balaban J connectivity index is 1.52. The SMILES string of the molecule is COC(=O)C1=C(C)N(c2cc(C)cc(C)c2)/C(=C/c2ccc(CN(Cc3ccc(Cl)cc3Cl)S(=O)(=O)c3ccc(C)cc3)o2)C1=O. The van der Waals surface area contributed by atoms with Crippen molar-refractivity contribution in [1.29, 1.82) is 0 Å². The molecule has 0 saturated heterocycles. The van der Waals surface area contributed by atoms with Gasteiger partial charge in [-0.1, -0.05) is 53.0 Å². The molecule has 1 aliphatic rings. The first-order valence-electron chi connectivity index (χ1n) is 14.3. The molecule has 4 aromatic rings. The number of sulfonamides is 1. The third-order valence-corrected chi connectivity index (χ3v) is 9.96. The summed E-state index contributed by atoms with van der Waals surface area (Å²) in [7, 11) is -2.77. The minimum Gasteiger partial charge on any atom is -0.465 e. The van der Waals surface area contributed by atoms with E-state index in [-0.39, 0.29) is 29.3 Å². The average Bonchev–Trinajstić information content (AvgIpc) is 3.53. The Hall–Kier alpha value is -4.15. The van der Waals surface area contributed by atoms with Crippen LogP contribution in [-0.2, 0) is 37.4 Å². The molecule has 238 valence electrons. The maximum atomic E-state index is 13.9. The van der Waals surface area contributed by atoms with Gasteiger partial charge in [-0.3, -0.25) is 4.79 Å². The van der Waals surface area contributed by atoms with Gasteiger partial charge in [-0.2, -0.15) is 4.31 Å². The topological polar surface area (TPSA) is 97.1 Å². The Morgan fingerprint density at radius 1 is 0.891 bits per heavy atom.